The Kier molecular flexibility index (Phi) is 2.52. The van der Waals surface area contributed by atoms with E-state index in [0.29, 0.717) is 0 Å². The van der Waals surface area contributed by atoms with E-state index in [9.17, 15) is 0 Å². The van der Waals surface area contributed by atoms with Gasteiger partial charge in [0.1, 0.15) is 0 Å². The monoisotopic (exact) mass is 159 g/mol. The van der Waals surface area contributed by atoms with Gasteiger partial charge in [-0.15, -0.1) is 6.42 Å². The summed E-state index contributed by atoms with van der Waals surface area (Å²) in [7, 11) is 0. The summed E-state index contributed by atoms with van der Waals surface area (Å²) in [6.45, 7) is 4.08. The summed E-state index contributed by atoms with van der Waals surface area (Å²) in [6, 6.07) is 5.88. The Bertz CT molecular complexity index is 300. The molecule has 1 heteroatoms. The SMILES string of the molecule is C#CC(N)c1cc(C)cc(C)c1. The summed E-state index contributed by atoms with van der Waals surface area (Å²) in [5, 5.41) is 0. The fourth-order valence-electron chi connectivity index (χ4n) is 1.29. The molecule has 0 bridgehead atoms. The maximum absolute atomic E-state index is 5.70. The van der Waals surface area contributed by atoms with Crippen LogP contribution in [0.3, 0.4) is 0 Å². The maximum atomic E-state index is 5.70. The molecule has 0 aliphatic heterocycles. The number of benzene rings is 1. The highest BCUT2D eigenvalue weighted by Crippen LogP contribution is 2.13. The lowest BCUT2D eigenvalue weighted by molar-refractivity contribution is 0.941. The van der Waals surface area contributed by atoms with Crippen LogP contribution in [0.15, 0.2) is 18.2 Å². The lowest BCUT2D eigenvalue weighted by Gasteiger charge is -2.06. The molecule has 1 aromatic rings. The summed E-state index contributed by atoms with van der Waals surface area (Å²) in [5.41, 5.74) is 9.13. The zero-order valence-electron chi connectivity index (χ0n) is 7.46. The topological polar surface area (TPSA) is 26.0 Å². The summed E-state index contributed by atoms with van der Waals surface area (Å²) < 4.78 is 0. The van der Waals surface area contributed by atoms with Gasteiger partial charge in [-0.1, -0.05) is 35.2 Å². The van der Waals surface area contributed by atoms with Gasteiger partial charge >= 0.3 is 0 Å². The highest BCUT2D eigenvalue weighted by atomic mass is 14.6. The molecule has 0 saturated heterocycles. The Hall–Kier alpha value is -1.26. The van der Waals surface area contributed by atoms with Crippen LogP contribution in [0.2, 0.25) is 0 Å². The number of hydrogen-bond donors (Lipinski definition) is 1. The van der Waals surface area contributed by atoms with Gasteiger partial charge in [0.25, 0.3) is 0 Å². The van der Waals surface area contributed by atoms with Crippen molar-refractivity contribution in [2.75, 3.05) is 0 Å². The van der Waals surface area contributed by atoms with Crippen molar-refractivity contribution in [3.63, 3.8) is 0 Å². The molecule has 0 amide bonds. The molecular weight excluding hydrogens is 146 g/mol. The van der Waals surface area contributed by atoms with Crippen LogP contribution < -0.4 is 5.73 Å². The Morgan fingerprint density at radius 2 is 1.75 bits per heavy atom. The molecule has 0 heterocycles. The van der Waals surface area contributed by atoms with E-state index >= 15 is 0 Å². The van der Waals surface area contributed by atoms with Gasteiger partial charge in [-0.25, -0.2) is 0 Å². The van der Waals surface area contributed by atoms with Gasteiger partial charge in [0.2, 0.25) is 0 Å². The van der Waals surface area contributed by atoms with Crippen LogP contribution in [0.25, 0.3) is 0 Å². The van der Waals surface area contributed by atoms with Crippen molar-refractivity contribution >= 4 is 0 Å². The molecule has 1 nitrogen and oxygen atoms in total. The minimum absolute atomic E-state index is 0.274. The Morgan fingerprint density at radius 1 is 1.25 bits per heavy atom. The first-order valence-corrected chi connectivity index (χ1v) is 3.93. The number of terminal acetylenes is 1. The average molecular weight is 159 g/mol. The molecule has 0 saturated carbocycles. The van der Waals surface area contributed by atoms with E-state index in [-0.39, 0.29) is 6.04 Å². The van der Waals surface area contributed by atoms with E-state index < -0.39 is 0 Å². The highest BCUT2D eigenvalue weighted by molar-refractivity contribution is 5.33. The van der Waals surface area contributed by atoms with E-state index in [1.165, 1.54) is 11.1 Å². The molecule has 1 aromatic carbocycles. The Balaban J connectivity index is 3.10. The van der Waals surface area contributed by atoms with Crippen LogP contribution in [-0.2, 0) is 0 Å². The molecule has 0 aliphatic rings. The third kappa shape index (κ3) is 1.87. The summed E-state index contributed by atoms with van der Waals surface area (Å²) >= 11 is 0. The maximum Gasteiger partial charge on any atom is 0.0918 e. The smallest absolute Gasteiger partial charge is 0.0918 e. The van der Waals surface area contributed by atoms with Gasteiger partial charge in [0.15, 0.2) is 0 Å². The molecule has 0 aliphatic carbocycles. The van der Waals surface area contributed by atoms with Crippen LogP contribution >= 0.6 is 0 Å². The molecular formula is C11H13N. The third-order valence-corrected chi connectivity index (χ3v) is 1.78. The largest absolute Gasteiger partial charge is 0.314 e. The van der Waals surface area contributed by atoms with Crippen molar-refractivity contribution in [2.45, 2.75) is 19.9 Å². The normalized spacial score (nSPS) is 12.2. The molecule has 62 valence electrons. The molecule has 0 spiro atoms. The molecule has 12 heavy (non-hydrogen) atoms. The fraction of sp³-hybridized carbons (Fsp3) is 0.273. The first kappa shape index (κ1) is 8.83. The van der Waals surface area contributed by atoms with Gasteiger partial charge in [0, 0.05) is 0 Å². The zero-order valence-corrected chi connectivity index (χ0v) is 7.46. The van der Waals surface area contributed by atoms with Crippen LogP contribution in [0, 0.1) is 26.2 Å². The van der Waals surface area contributed by atoms with Gasteiger partial charge in [-0.05, 0) is 19.4 Å². The van der Waals surface area contributed by atoms with Crippen LogP contribution in [0.5, 0.6) is 0 Å². The number of aryl methyl sites for hydroxylation is 2. The van der Waals surface area contributed by atoms with Crippen molar-refractivity contribution in [1.82, 2.24) is 0 Å². The van der Waals surface area contributed by atoms with Gasteiger partial charge in [0.05, 0.1) is 6.04 Å². The van der Waals surface area contributed by atoms with E-state index in [1.54, 1.807) is 0 Å². The van der Waals surface area contributed by atoms with Crippen molar-refractivity contribution in [2.24, 2.45) is 5.73 Å². The van der Waals surface area contributed by atoms with Crippen LogP contribution in [0.1, 0.15) is 22.7 Å². The summed E-state index contributed by atoms with van der Waals surface area (Å²) in [6.07, 6.45) is 5.23. The van der Waals surface area contributed by atoms with E-state index in [1.807, 2.05) is 26.0 Å². The van der Waals surface area contributed by atoms with Crippen molar-refractivity contribution < 1.29 is 0 Å². The standard InChI is InChI=1S/C11H13N/c1-4-11(12)10-6-8(2)5-9(3)7-10/h1,5-7,11H,12H2,2-3H3. The van der Waals surface area contributed by atoms with Crippen molar-refractivity contribution in [1.29, 1.82) is 0 Å². The predicted molar refractivity (Wildman–Crippen MR) is 51.7 cm³/mol. The number of nitrogens with two attached hydrogens (primary N) is 1. The van der Waals surface area contributed by atoms with Crippen molar-refractivity contribution in [3.05, 3.63) is 34.9 Å². The first-order chi connectivity index (χ1) is 5.63. The zero-order chi connectivity index (χ0) is 9.14. The molecule has 1 unspecified atom stereocenters. The number of hydrogen-bond acceptors (Lipinski definition) is 1. The molecule has 0 fully saturated rings. The number of rotatable bonds is 1. The average Bonchev–Trinajstić information content (AvgIpc) is 2.01. The van der Waals surface area contributed by atoms with E-state index in [4.69, 9.17) is 12.2 Å². The third-order valence-electron chi connectivity index (χ3n) is 1.78. The second-order valence-corrected chi connectivity index (χ2v) is 3.07. The first-order valence-electron chi connectivity index (χ1n) is 3.93. The van der Waals surface area contributed by atoms with E-state index in [2.05, 4.69) is 12.0 Å². The second-order valence-electron chi connectivity index (χ2n) is 3.07. The molecule has 0 aromatic heterocycles. The quantitative estimate of drug-likeness (QED) is 0.622. The molecule has 1 rings (SSSR count). The summed E-state index contributed by atoms with van der Waals surface area (Å²) in [5.74, 6) is 2.51. The van der Waals surface area contributed by atoms with Gasteiger partial charge in [-0.3, -0.25) is 0 Å². The Morgan fingerprint density at radius 3 is 2.17 bits per heavy atom. The minimum atomic E-state index is -0.274. The lowest BCUT2D eigenvalue weighted by atomic mass is 10.0. The Labute approximate surface area is 73.6 Å². The lowest BCUT2D eigenvalue weighted by Crippen LogP contribution is -2.07. The predicted octanol–water partition coefficient (Wildman–Crippen LogP) is 1.94. The minimum Gasteiger partial charge on any atom is -0.314 e. The van der Waals surface area contributed by atoms with E-state index in [0.717, 1.165) is 5.56 Å². The van der Waals surface area contributed by atoms with Crippen LogP contribution in [-0.4, -0.2) is 0 Å². The second kappa shape index (κ2) is 3.42. The summed E-state index contributed by atoms with van der Waals surface area (Å²) in [4.78, 5) is 0. The van der Waals surface area contributed by atoms with Crippen molar-refractivity contribution in [3.8, 4) is 12.3 Å². The van der Waals surface area contributed by atoms with Gasteiger partial charge < -0.3 is 5.73 Å². The molecule has 0 radical (unpaired) electrons. The van der Waals surface area contributed by atoms with Gasteiger partial charge in [-0.2, -0.15) is 0 Å². The molecule has 1 atom stereocenters. The molecule has 2 N–H and O–H groups in total. The van der Waals surface area contributed by atoms with Crippen LogP contribution in [0.4, 0.5) is 0 Å². The highest BCUT2D eigenvalue weighted by Gasteiger charge is 2.01. The fourth-order valence-corrected chi connectivity index (χ4v) is 1.29.